The van der Waals surface area contributed by atoms with Gasteiger partial charge < -0.3 is 10.8 Å². The predicted octanol–water partition coefficient (Wildman–Crippen LogP) is 6.11. The Labute approximate surface area is 151 Å². The summed E-state index contributed by atoms with van der Waals surface area (Å²) in [5.74, 6) is 0.404. The third-order valence-corrected chi connectivity index (χ3v) is 3.84. The van der Waals surface area contributed by atoms with E-state index in [1.165, 1.54) is 11.1 Å². The molecule has 0 saturated heterocycles. The molecule has 2 heteroatoms. The van der Waals surface area contributed by atoms with Crippen molar-refractivity contribution in [3.63, 3.8) is 0 Å². The zero-order valence-electron chi connectivity index (χ0n) is 15.9. The second kappa shape index (κ2) is 9.53. The molecule has 0 bridgehead atoms. The molecule has 3 rings (SSSR count). The summed E-state index contributed by atoms with van der Waals surface area (Å²) in [6, 6.07) is 17.9. The van der Waals surface area contributed by atoms with Gasteiger partial charge in [-0.2, -0.15) is 0 Å². The molecule has 25 heavy (non-hydrogen) atoms. The summed E-state index contributed by atoms with van der Waals surface area (Å²) in [6.07, 6.45) is 0. The van der Waals surface area contributed by atoms with Crippen molar-refractivity contribution < 1.29 is 5.11 Å². The number of aryl methyl sites for hydroxylation is 3. The van der Waals surface area contributed by atoms with Crippen molar-refractivity contribution in [3.05, 3.63) is 83.4 Å². The maximum atomic E-state index is 9.78. The third-order valence-electron chi connectivity index (χ3n) is 3.84. The van der Waals surface area contributed by atoms with Crippen molar-refractivity contribution in [2.75, 3.05) is 0 Å². The minimum Gasteiger partial charge on any atom is -0.507 e. The van der Waals surface area contributed by atoms with E-state index in [-0.39, 0.29) is 0 Å². The fourth-order valence-corrected chi connectivity index (χ4v) is 2.48. The van der Waals surface area contributed by atoms with E-state index in [0.717, 1.165) is 21.9 Å². The van der Waals surface area contributed by atoms with E-state index in [0.29, 0.717) is 11.4 Å². The Bertz CT molecular complexity index is 833. The smallest absolute Gasteiger partial charge is 0.126 e. The molecule has 0 unspecified atom stereocenters. The van der Waals surface area contributed by atoms with Crippen molar-refractivity contribution in [2.24, 2.45) is 5.73 Å². The van der Waals surface area contributed by atoms with Gasteiger partial charge in [-0.1, -0.05) is 80.6 Å². The van der Waals surface area contributed by atoms with Gasteiger partial charge in [-0.05, 0) is 42.8 Å². The quantitative estimate of drug-likeness (QED) is 0.563. The maximum absolute atomic E-state index is 9.78. The second-order valence-electron chi connectivity index (χ2n) is 5.80. The van der Waals surface area contributed by atoms with Gasteiger partial charge in [-0.15, -0.1) is 0 Å². The van der Waals surface area contributed by atoms with Crippen LogP contribution >= 0.6 is 0 Å². The molecule has 0 fully saturated rings. The molecule has 0 aliphatic rings. The molecule has 2 nitrogen and oxygen atoms in total. The van der Waals surface area contributed by atoms with Gasteiger partial charge in [0.2, 0.25) is 0 Å². The van der Waals surface area contributed by atoms with E-state index in [1.807, 2.05) is 82.3 Å². The topological polar surface area (TPSA) is 46.2 Å². The highest BCUT2D eigenvalue weighted by Gasteiger charge is 2.04. The first-order chi connectivity index (χ1) is 11.9. The molecule has 0 atom stereocenters. The lowest BCUT2D eigenvalue weighted by Crippen LogP contribution is -1.92. The van der Waals surface area contributed by atoms with Crippen molar-refractivity contribution >= 4 is 16.5 Å². The zero-order chi connectivity index (χ0) is 19.0. The van der Waals surface area contributed by atoms with Crippen LogP contribution in [0.3, 0.4) is 0 Å². The highest BCUT2D eigenvalue weighted by molar-refractivity contribution is 5.91. The van der Waals surface area contributed by atoms with Crippen molar-refractivity contribution in [1.82, 2.24) is 0 Å². The summed E-state index contributed by atoms with van der Waals surface area (Å²) in [7, 11) is 0. The standard InChI is InChI=1S/C12H12O.C9H11N.C2H6/c1-8-7-9(2)12(13)11-6-4-3-5-10(8)11;1-7-3-5-9(6-4-7)8(2)10;1-2/h3-7,13H,1-2H3;3-6H,2,10H2,1H3;1-2H3. The van der Waals surface area contributed by atoms with Crippen LogP contribution in [0.5, 0.6) is 5.75 Å². The number of hydrogen-bond acceptors (Lipinski definition) is 2. The summed E-state index contributed by atoms with van der Waals surface area (Å²) in [6.45, 7) is 13.7. The summed E-state index contributed by atoms with van der Waals surface area (Å²) >= 11 is 0. The summed E-state index contributed by atoms with van der Waals surface area (Å²) in [5.41, 5.74) is 10.5. The van der Waals surface area contributed by atoms with Crippen molar-refractivity contribution in [1.29, 1.82) is 0 Å². The lowest BCUT2D eigenvalue weighted by molar-refractivity contribution is 0.477. The Hall–Kier alpha value is -2.74. The van der Waals surface area contributed by atoms with Gasteiger partial charge in [0.1, 0.15) is 5.75 Å². The van der Waals surface area contributed by atoms with Crippen LogP contribution in [0.25, 0.3) is 16.5 Å². The van der Waals surface area contributed by atoms with Gasteiger partial charge in [0.25, 0.3) is 0 Å². The first-order valence-corrected chi connectivity index (χ1v) is 8.59. The van der Waals surface area contributed by atoms with E-state index in [9.17, 15) is 5.11 Å². The molecule has 0 spiro atoms. The highest BCUT2D eigenvalue weighted by Crippen LogP contribution is 2.30. The van der Waals surface area contributed by atoms with Crippen LogP contribution in [0, 0.1) is 20.8 Å². The van der Waals surface area contributed by atoms with Gasteiger partial charge in [0.15, 0.2) is 0 Å². The summed E-state index contributed by atoms with van der Waals surface area (Å²) in [5, 5.41) is 11.9. The van der Waals surface area contributed by atoms with Crippen LogP contribution in [-0.2, 0) is 0 Å². The van der Waals surface area contributed by atoms with E-state index >= 15 is 0 Å². The summed E-state index contributed by atoms with van der Waals surface area (Å²) < 4.78 is 0. The Morgan fingerprint density at radius 3 is 1.88 bits per heavy atom. The van der Waals surface area contributed by atoms with E-state index in [4.69, 9.17) is 5.73 Å². The lowest BCUT2D eigenvalue weighted by atomic mass is 10.0. The fraction of sp³-hybridized carbons (Fsp3) is 0.217. The predicted molar refractivity (Wildman–Crippen MR) is 111 cm³/mol. The monoisotopic (exact) mass is 335 g/mol. The lowest BCUT2D eigenvalue weighted by Gasteiger charge is -2.06. The van der Waals surface area contributed by atoms with Gasteiger partial charge in [-0.25, -0.2) is 0 Å². The number of aromatic hydroxyl groups is 1. The number of phenolic OH excluding ortho intramolecular Hbond substituents is 1. The Morgan fingerprint density at radius 2 is 1.36 bits per heavy atom. The SMILES string of the molecule is C=C(N)c1ccc(C)cc1.CC.Cc1cc(C)c2ccccc2c1O. The normalized spacial score (nSPS) is 9.48. The number of hydrogen-bond donors (Lipinski definition) is 2. The Morgan fingerprint density at radius 1 is 0.840 bits per heavy atom. The molecule has 0 aliphatic heterocycles. The van der Waals surface area contributed by atoms with Gasteiger partial charge in [0.05, 0.1) is 0 Å². The average molecular weight is 335 g/mol. The average Bonchev–Trinajstić information content (AvgIpc) is 2.62. The Kier molecular flexibility index (Phi) is 7.74. The largest absolute Gasteiger partial charge is 0.507 e. The van der Waals surface area contributed by atoms with Gasteiger partial charge >= 0.3 is 0 Å². The molecular formula is C23H29NO. The van der Waals surface area contributed by atoms with Crippen molar-refractivity contribution in [2.45, 2.75) is 34.6 Å². The molecule has 0 saturated carbocycles. The number of phenols is 1. The first-order valence-electron chi connectivity index (χ1n) is 8.59. The molecule has 0 heterocycles. The van der Waals surface area contributed by atoms with Crippen LogP contribution < -0.4 is 5.73 Å². The van der Waals surface area contributed by atoms with E-state index in [1.54, 1.807) is 0 Å². The molecular weight excluding hydrogens is 306 g/mol. The number of rotatable bonds is 1. The molecule has 0 aromatic heterocycles. The maximum Gasteiger partial charge on any atom is 0.126 e. The zero-order valence-corrected chi connectivity index (χ0v) is 15.9. The fourth-order valence-electron chi connectivity index (χ4n) is 2.48. The van der Waals surface area contributed by atoms with Crippen LogP contribution in [0.2, 0.25) is 0 Å². The van der Waals surface area contributed by atoms with Gasteiger partial charge in [-0.3, -0.25) is 0 Å². The van der Waals surface area contributed by atoms with Crippen molar-refractivity contribution in [3.8, 4) is 5.75 Å². The molecule has 3 aromatic carbocycles. The van der Waals surface area contributed by atoms with Crippen LogP contribution in [0.4, 0.5) is 0 Å². The minimum absolute atomic E-state index is 0.404. The molecule has 3 aromatic rings. The van der Waals surface area contributed by atoms with E-state index < -0.39 is 0 Å². The number of fused-ring (bicyclic) bond motifs is 1. The Balaban J connectivity index is 0.000000235. The molecule has 0 aliphatic carbocycles. The molecule has 132 valence electrons. The third kappa shape index (κ3) is 5.39. The molecule has 0 amide bonds. The number of benzene rings is 3. The highest BCUT2D eigenvalue weighted by atomic mass is 16.3. The molecule has 3 N–H and O–H groups in total. The van der Waals surface area contributed by atoms with E-state index in [2.05, 4.69) is 13.5 Å². The van der Waals surface area contributed by atoms with Crippen LogP contribution in [0.1, 0.15) is 36.1 Å². The second-order valence-corrected chi connectivity index (χ2v) is 5.80. The van der Waals surface area contributed by atoms with Gasteiger partial charge in [0, 0.05) is 11.1 Å². The van der Waals surface area contributed by atoms with Crippen LogP contribution in [-0.4, -0.2) is 5.11 Å². The van der Waals surface area contributed by atoms with Crippen LogP contribution in [0.15, 0.2) is 61.2 Å². The minimum atomic E-state index is 0.404. The first kappa shape index (κ1) is 20.3. The molecule has 0 radical (unpaired) electrons. The number of nitrogens with two attached hydrogens (primary N) is 1. The summed E-state index contributed by atoms with van der Waals surface area (Å²) in [4.78, 5) is 0.